The number of unbranched alkanes of at least 4 members (excludes halogenated alkanes) is 1. The van der Waals surface area contributed by atoms with E-state index in [4.69, 9.17) is 16.3 Å². The van der Waals surface area contributed by atoms with E-state index in [1.165, 1.54) is 0 Å². The molecule has 180 valence electrons. The van der Waals surface area contributed by atoms with E-state index in [1.807, 2.05) is 6.92 Å². The summed E-state index contributed by atoms with van der Waals surface area (Å²) in [5.41, 5.74) is 2.55. The Morgan fingerprint density at radius 2 is 1.91 bits per heavy atom. The van der Waals surface area contributed by atoms with Crippen LogP contribution in [0.3, 0.4) is 0 Å². The van der Waals surface area contributed by atoms with Gasteiger partial charge in [-0.25, -0.2) is 9.59 Å². The van der Waals surface area contributed by atoms with Crippen molar-refractivity contribution >= 4 is 35.2 Å². The zero-order valence-electron chi connectivity index (χ0n) is 19.9. The third kappa shape index (κ3) is 5.97. The SMILES string of the molecule is CCCCN1C(=O)NC(c2cccc(NC(=O)c3cccc(Cl)c3)c2)C(C(=O)OC(C)C)=C1C. The Morgan fingerprint density at radius 1 is 1.18 bits per heavy atom. The second-order valence-corrected chi connectivity index (χ2v) is 8.87. The Hall–Kier alpha value is -3.32. The molecule has 0 saturated heterocycles. The van der Waals surface area contributed by atoms with Gasteiger partial charge in [0, 0.05) is 28.5 Å². The number of halogens is 1. The number of carbonyl (C=O) groups is 3. The lowest BCUT2D eigenvalue weighted by atomic mass is 9.94. The highest BCUT2D eigenvalue weighted by atomic mass is 35.5. The van der Waals surface area contributed by atoms with Crippen molar-refractivity contribution in [2.24, 2.45) is 0 Å². The largest absolute Gasteiger partial charge is 0.459 e. The number of anilines is 1. The molecule has 0 spiro atoms. The van der Waals surface area contributed by atoms with Crippen molar-refractivity contribution < 1.29 is 19.1 Å². The van der Waals surface area contributed by atoms with Gasteiger partial charge in [0.1, 0.15) is 0 Å². The monoisotopic (exact) mass is 483 g/mol. The molecular formula is C26H30ClN3O4. The van der Waals surface area contributed by atoms with Crippen molar-refractivity contribution in [1.29, 1.82) is 0 Å². The average Bonchev–Trinajstić information content (AvgIpc) is 2.78. The van der Waals surface area contributed by atoms with Crippen LogP contribution in [0.5, 0.6) is 0 Å². The molecule has 2 aromatic carbocycles. The van der Waals surface area contributed by atoms with E-state index in [-0.39, 0.29) is 18.0 Å². The number of benzene rings is 2. The first-order valence-electron chi connectivity index (χ1n) is 11.4. The van der Waals surface area contributed by atoms with E-state index in [0.29, 0.717) is 39.7 Å². The lowest BCUT2D eigenvalue weighted by molar-refractivity contribution is -0.143. The number of allylic oxidation sites excluding steroid dienone is 1. The smallest absolute Gasteiger partial charge is 0.338 e. The number of ether oxygens (including phenoxy) is 1. The third-order valence-electron chi connectivity index (χ3n) is 5.46. The molecule has 34 heavy (non-hydrogen) atoms. The van der Waals surface area contributed by atoms with E-state index in [2.05, 4.69) is 10.6 Å². The molecule has 0 bridgehead atoms. The summed E-state index contributed by atoms with van der Waals surface area (Å²) < 4.78 is 5.51. The van der Waals surface area contributed by atoms with E-state index < -0.39 is 12.0 Å². The van der Waals surface area contributed by atoms with Gasteiger partial charge >= 0.3 is 12.0 Å². The van der Waals surface area contributed by atoms with Crippen molar-refractivity contribution in [2.75, 3.05) is 11.9 Å². The standard InChI is InChI=1S/C26H30ClN3O4/c1-5-6-13-30-17(4)22(25(32)34-16(2)3)23(29-26(30)33)18-9-8-12-21(15-18)28-24(31)19-10-7-11-20(27)14-19/h7-12,14-16,23H,5-6,13H2,1-4H3,(H,28,31)(H,29,33). The molecule has 0 fully saturated rings. The van der Waals surface area contributed by atoms with Crippen LogP contribution in [0.1, 0.15) is 62.5 Å². The summed E-state index contributed by atoms with van der Waals surface area (Å²) in [5, 5.41) is 6.26. The van der Waals surface area contributed by atoms with Gasteiger partial charge in [-0.15, -0.1) is 0 Å². The second kappa shape index (κ2) is 11.2. The fourth-order valence-corrected chi connectivity index (χ4v) is 3.98. The van der Waals surface area contributed by atoms with Gasteiger partial charge in [-0.05, 0) is 63.1 Å². The Kier molecular flexibility index (Phi) is 8.34. The predicted molar refractivity (Wildman–Crippen MR) is 133 cm³/mol. The number of hydrogen-bond acceptors (Lipinski definition) is 4. The van der Waals surface area contributed by atoms with Crippen molar-refractivity contribution in [2.45, 2.75) is 52.7 Å². The first-order chi connectivity index (χ1) is 16.2. The summed E-state index contributed by atoms with van der Waals surface area (Å²) in [7, 11) is 0. The van der Waals surface area contributed by atoms with Crippen LogP contribution in [0.25, 0.3) is 0 Å². The van der Waals surface area contributed by atoms with E-state index in [0.717, 1.165) is 12.8 Å². The minimum absolute atomic E-state index is 0.273. The lowest BCUT2D eigenvalue weighted by Gasteiger charge is -2.35. The summed E-state index contributed by atoms with van der Waals surface area (Å²) in [6.07, 6.45) is 1.42. The normalized spacial score (nSPS) is 15.9. The maximum Gasteiger partial charge on any atom is 0.338 e. The highest BCUT2D eigenvalue weighted by Gasteiger charge is 2.36. The van der Waals surface area contributed by atoms with Gasteiger partial charge in [0.2, 0.25) is 0 Å². The molecule has 7 nitrogen and oxygen atoms in total. The predicted octanol–water partition coefficient (Wildman–Crippen LogP) is 5.68. The highest BCUT2D eigenvalue weighted by molar-refractivity contribution is 6.31. The van der Waals surface area contributed by atoms with Crippen LogP contribution in [0.4, 0.5) is 10.5 Å². The molecule has 1 aliphatic heterocycles. The topological polar surface area (TPSA) is 87.7 Å². The van der Waals surface area contributed by atoms with Crippen LogP contribution >= 0.6 is 11.6 Å². The molecule has 1 atom stereocenters. The Labute approximate surface area is 205 Å². The number of hydrogen-bond donors (Lipinski definition) is 2. The quantitative estimate of drug-likeness (QED) is 0.472. The number of esters is 1. The summed E-state index contributed by atoms with van der Waals surface area (Å²) in [6, 6.07) is 12.7. The maximum absolute atomic E-state index is 13.1. The maximum atomic E-state index is 13.1. The molecule has 3 rings (SSSR count). The van der Waals surface area contributed by atoms with Gasteiger partial charge < -0.3 is 15.4 Å². The van der Waals surface area contributed by atoms with Gasteiger partial charge in [0.05, 0.1) is 17.7 Å². The summed E-state index contributed by atoms with van der Waals surface area (Å²) in [6.45, 7) is 7.88. The van der Waals surface area contributed by atoms with E-state index >= 15 is 0 Å². The van der Waals surface area contributed by atoms with E-state index in [9.17, 15) is 14.4 Å². The lowest BCUT2D eigenvalue weighted by Crippen LogP contribution is -2.48. The van der Waals surface area contributed by atoms with E-state index in [1.54, 1.807) is 74.2 Å². The molecule has 0 aliphatic carbocycles. The Bertz CT molecular complexity index is 1110. The molecule has 2 aromatic rings. The zero-order valence-corrected chi connectivity index (χ0v) is 20.6. The van der Waals surface area contributed by atoms with Crippen molar-refractivity contribution in [3.63, 3.8) is 0 Å². The molecule has 1 unspecified atom stereocenters. The Balaban J connectivity index is 1.94. The van der Waals surface area contributed by atoms with Gasteiger partial charge in [-0.3, -0.25) is 9.69 Å². The van der Waals surface area contributed by atoms with Crippen LogP contribution in [-0.4, -0.2) is 35.5 Å². The number of nitrogens with zero attached hydrogens (tertiary/aromatic N) is 1. The Morgan fingerprint density at radius 3 is 2.59 bits per heavy atom. The number of nitrogens with one attached hydrogen (secondary N) is 2. The number of urea groups is 1. The van der Waals surface area contributed by atoms with Gasteiger partial charge in [-0.2, -0.15) is 0 Å². The average molecular weight is 484 g/mol. The van der Waals surface area contributed by atoms with Crippen LogP contribution in [0.15, 0.2) is 59.8 Å². The molecule has 0 radical (unpaired) electrons. The van der Waals surface area contributed by atoms with Crippen LogP contribution in [0.2, 0.25) is 5.02 Å². The first-order valence-corrected chi connectivity index (χ1v) is 11.8. The highest BCUT2D eigenvalue weighted by Crippen LogP contribution is 2.33. The van der Waals surface area contributed by atoms with Crippen molar-refractivity contribution in [3.05, 3.63) is 76.0 Å². The van der Waals surface area contributed by atoms with Gasteiger partial charge in [-0.1, -0.05) is 43.1 Å². The van der Waals surface area contributed by atoms with Crippen molar-refractivity contribution in [3.8, 4) is 0 Å². The fourth-order valence-electron chi connectivity index (χ4n) is 3.79. The van der Waals surface area contributed by atoms with Crippen molar-refractivity contribution in [1.82, 2.24) is 10.2 Å². The summed E-state index contributed by atoms with van der Waals surface area (Å²) >= 11 is 6.00. The molecule has 2 N–H and O–H groups in total. The molecule has 1 aliphatic rings. The van der Waals surface area contributed by atoms with Gasteiger partial charge in [0.25, 0.3) is 5.91 Å². The van der Waals surface area contributed by atoms with Crippen LogP contribution < -0.4 is 10.6 Å². The molecule has 0 aromatic heterocycles. The number of carbonyl (C=O) groups excluding carboxylic acids is 3. The molecule has 1 heterocycles. The van der Waals surface area contributed by atoms with Crippen LogP contribution in [-0.2, 0) is 9.53 Å². The van der Waals surface area contributed by atoms with Crippen LogP contribution in [0, 0.1) is 0 Å². The number of rotatable bonds is 8. The molecule has 0 saturated carbocycles. The molecule has 3 amide bonds. The molecule has 8 heteroatoms. The van der Waals surface area contributed by atoms with Gasteiger partial charge in [0.15, 0.2) is 0 Å². The number of amides is 3. The zero-order chi connectivity index (χ0) is 24.8. The second-order valence-electron chi connectivity index (χ2n) is 8.43. The fraction of sp³-hybridized carbons (Fsp3) is 0.346. The molecular weight excluding hydrogens is 454 g/mol. The minimum Gasteiger partial charge on any atom is -0.459 e. The summed E-state index contributed by atoms with van der Waals surface area (Å²) in [4.78, 5) is 40.2. The first kappa shape index (κ1) is 25.3. The third-order valence-corrected chi connectivity index (χ3v) is 5.69. The summed E-state index contributed by atoms with van der Waals surface area (Å²) in [5.74, 6) is -0.795. The minimum atomic E-state index is -0.709.